The van der Waals surface area contributed by atoms with Crippen LogP contribution in [0.5, 0.6) is 0 Å². The van der Waals surface area contributed by atoms with Crippen molar-refractivity contribution in [2.24, 2.45) is 5.10 Å². The number of hydrazone groups is 1. The lowest BCUT2D eigenvalue weighted by atomic mass is 10.3. The molecule has 0 aliphatic carbocycles. The largest absolute Gasteiger partial charge is 0.296 e. The van der Waals surface area contributed by atoms with E-state index in [9.17, 15) is 13.2 Å². The quantitative estimate of drug-likeness (QED) is 0.824. The van der Waals surface area contributed by atoms with Gasteiger partial charge in [-0.15, -0.1) is 0 Å². The minimum Gasteiger partial charge on any atom is -0.282 e. The second kappa shape index (κ2) is 4.10. The van der Waals surface area contributed by atoms with Gasteiger partial charge < -0.3 is 0 Å². The van der Waals surface area contributed by atoms with E-state index in [2.05, 4.69) is 5.10 Å². The van der Waals surface area contributed by atoms with Crippen molar-refractivity contribution in [1.29, 1.82) is 0 Å². The third-order valence-corrected chi connectivity index (χ3v) is 3.47. The van der Waals surface area contributed by atoms with Crippen LogP contribution >= 0.6 is 11.6 Å². The standard InChI is InChI=1S/C9H7ClN2O4S/c10-7-2-1-6(5-8(7)17(14,15)16)12-9(13)3-4-11-12/h1-2,4-5H,3H2,(H,14,15,16). The molecule has 1 heterocycles. The summed E-state index contributed by atoms with van der Waals surface area (Å²) in [6.07, 6.45) is 1.56. The molecule has 0 bridgehead atoms. The van der Waals surface area contributed by atoms with Crippen molar-refractivity contribution < 1.29 is 17.8 Å². The van der Waals surface area contributed by atoms with Crippen LogP contribution in [0.3, 0.4) is 0 Å². The average Bonchev–Trinajstić information content (AvgIpc) is 2.63. The number of anilines is 1. The number of halogens is 1. The molecule has 0 fully saturated rings. The highest BCUT2D eigenvalue weighted by Crippen LogP contribution is 2.28. The SMILES string of the molecule is O=C1CC=NN1c1ccc(Cl)c(S(=O)(=O)O)c1. The Hall–Kier alpha value is -1.44. The summed E-state index contributed by atoms with van der Waals surface area (Å²) < 4.78 is 31.0. The first kappa shape index (κ1) is 12.0. The fourth-order valence-corrected chi connectivity index (χ4v) is 2.38. The molecule has 2 rings (SSSR count). The van der Waals surface area contributed by atoms with E-state index in [0.29, 0.717) is 0 Å². The van der Waals surface area contributed by atoms with Crippen molar-refractivity contribution in [3.8, 4) is 0 Å². The summed E-state index contributed by atoms with van der Waals surface area (Å²) in [5, 5.41) is 4.71. The summed E-state index contributed by atoms with van der Waals surface area (Å²) in [4.78, 5) is 10.9. The smallest absolute Gasteiger partial charge is 0.282 e. The molecule has 0 atom stereocenters. The molecule has 90 valence electrons. The number of amides is 1. The van der Waals surface area contributed by atoms with Gasteiger partial charge in [0.2, 0.25) is 0 Å². The molecule has 0 saturated carbocycles. The van der Waals surface area contributed by atoms with Crippen LogP contribution in [0.2, 0.25) is 5.02 Å². The Kier molecular flexibility index (Phi) is 2.90. The lowest BCUT2D eigenvalue weighted by molar-refractivity contribution is -0.116. The van der Waals surface area contributed by atoms with Gasteiger partial charge in [-0.3, -0.25) is 9.35 Å². The Balaban J connectivity index is 2.52. The van der Waals surface area contributed by atoms with Gasteiger partial charge in [-0.2, -0.15) is 13.5 Å². The average molecular weight is 275 g/mol. The Morgan fingerprint density at radius 3 is 2.65 bits per heavy atom. The van der Waals surface area contributed by atoms with Crippen molar-refractivity contribution in [3.05, 3.63) is 23.2 Å². The van der Waals surface area contributed by atoms with Crippen LogP contribution < -0.4 is 5.01 Å². The van der Waals surface area contributed by atoms with E-state index >= 15 is 0 Å². The third-order valence-electron chi connectivity index (χ3n) is 2.14. The van der Waals surface area contributed by atoms with E-state index < -0.39 is 15.0 Å². The fourth-order valence-electron chi connectivity index (χ4n) is 1.38. The molecule has 1 aromatic carbocycles. The van der Waals surface area contributed by atoms with Crippen LogP contribution in [0.25, 0.3) is 0 Å². The van der Waals surface area contributed by atoms with Crippen LogP contribution in [0.1, 0.15) is 6.42 Å². The number of rotatable bonds is 2. The number of carbonyl (C=O) groups is 1. The van der Waals surface area contributed by atoms with Crippen molar-refractivity contribution >= 4 is 39.5 Å². The minimum atomic E-state index is -4.42. The maximum Gasteiger partial charge on any atom is 0.296 e. The van der Waals surface area contributed by atoms with E-state index in [1.54, 1.807) is 0 Å². The highest BCUT2D eigenvalue weighted by Gasteiger charge is 2.22. The fraction of sp³-hybridized carbons (Fsp3) is 0.111. The van der Waals surface area contributed by atoms with Gasteiger partial charge >= 0.3 is 0 Å². The zero-order valence-electron chi connectivity index (χ0n) is 8.37. The number of nitrogens with zero attached hydrogens (tertiary/aromatic N) is 2. The highest BCUT2D eigenvalue weighted by molar-refractivity contribution is 7.86. The Labute approximate surface area is 102 Å². The zero-order valence-corrected chi connectivity index (χ0v) is 9.94. The topological polar surface area (TPSA) is 87.0 Å². The summed E-state index contributed by atoms with van der Waals surface area (Å²) >= 11 is 5.64. The molecule has 0 aromatic heterocycles. The van der Waals surface area contributed by atoms with E-state index in [1.165, 1.54) is 18.3 Å². The molecule has 17 heavy (non-hydrogen) atoms. The molecule has 1 aromatic rings. The molecule has 1 aliphatic heterocycles. The van der Waals surface area contributed by atoms with Crippen LogP contribution in [-0.4, -0.2) is 25.1 Å². The number of hydrogen-bond donors (Lipinski definition) is 1. The molecular formula is C9H7ClN2O4S. The molecule has 0 spiro atoms. The van der Waals surface area contributed by atoms with E-state index in [-0.39, 0.29) is 23.0 Å². The molecule has 1 amide bonds. The first-order chi connectivity index (χ1) is 7.89. The lowest BCUT2D eigenvalue weighted by Crippen LogP contribution is -2.19. The minimum absolute atomic E-state index is 0.119. The van der Waals surface area contributed by atoms with Crippen molar-refractivity contribution in [3.63, 3.8) is 0 Å². The normalized spacial score (nSPS) is 15.6. The van der Waals surface area contributed by atoms with E-state index in [0.717, 1.165) is 11.1 Å². The van der Waals surface area contributed by atoms with E-state index in [1.807, 2.05) is 0 Å². The van der Waals surface area contributed by atoms with Crippen LogP contribution in [0, 0.1) is 0 Å². The Morgan fingerprint density at radius 1 is 1.41 bits per heavy atom. The highest BCUT2D eigenvalue weighted by atomic mass is 35.5. The summed E-state index contributed by atoms with van der Waals surface area (Å²) in [7, 11) is -4.42. The molecule has 0 radical (unpaired) electrons. The molecule has 8 heteroatoms. The summed E-state index contributed by atoms with van der Waals surface area (Å²) in [6, 6.07) is 3.82. The molecule has 1 N–H and O–H groups in total. The van der Waals surface area contributed by atoms with Crippen LogP contribution in [-0.2, 0) is 14.9 Å². The lowest BCUT2D eigenvalue weighted by Gasteiger charge is -2.12. The van der Waals surface area contributed by atoms with Gasteiger partial charge in [-0.1, -0.05) is 11.6 Å². The van der Waals surface area contributed by atoms with Gasteiger partial charge in [-0.05, 0) is 18.2 Å². The van der Waals surface area contributed by atoms with E-state index in [4.69, 9.17) is 16.2 Å². The maximum absolute atomic E-state index is 11.4. The molecule has 6 nitrogen and oxygen atoms in total. The van der Waals surface area contributed by atoms with Crippen molar-refractivity contribution in [1.82, 2.24) is 0 Å². The van der Waals surface area contributed by atoms with Gasteiger partial charge in [0.15, 0.2) is 0 Å². The van der Waals surface area contributed by atoms with Gasteiger partial charge in [0, 0.05) is 6.21 Å². The maximum atomic E-state index is 11.4. The number of hydrogen-bond acceptors (Lipinski definition) is 4. The predicted octanol–water partition coefficient (Wildman–Crippen LogP) is 1.31. The second-order valence-corrected chi connectivity index (χ2v) is 5.09. The number of benzene rings is 1. The first-order valence-corrected chi connectivity index (χ1v) is 6.34. The van der Waals surface area contributed by atoms with Crippen LogP contribution in [0.15, 0.2) is 28.2 Å². The Morgan fingerprint density at radius 2 is 2.12 bits per heavy atom. The molecule has 0 unspecified atom stereocenters. The van der Waals surface area contributed by atoms with Gasteiger partial charge in [-0.25, -0.2) is 5.01 Å². The first-order valence-electron chi connectivity index (χ1n) is 4.52. The molecule has 0 saturated heterocycles. The number of carbonyl (C=O) groups excluding carboxylic acids is 1. The summed E-state index contributed by atoms with van der Waals surface area (Å²) in [5.41, 5.74) is 0.237. The zero-order chi connectivity index (χ0) is 12.6. The molecule has 1 aliphatic rings. The van der Waals surface area contributed by atoms with Gasteiger partial charge in [0.25, 0.3) is 16.0 Å². The van der Waals surface area contributed by atoms with Gasteiger partial charge in [0.05, 0.1) is 17.1 Å². The summed E-state index contributed by atoms with van der Waals surface area (Å²) in [5.74, 6) is -0.284. The third kappa shape index (κ3) is 2.31. The molecular weight excluding hydrogens is 268 g/mol. The summed E-state index contributed by atoms with van der Waals surface area (Å²) in [6.45, 7) is 0. The van der Waals surface area contributed by atoms with Crippen LogP contribution in [0.4, 0.5) is 5.69 Å². The monoisotopic (exact) mass is 274 g/mol. The van der Waals surface area contributed by atoms with Gasteiger partial charge in [0.1, 0.15) is 4.90 Å². The van der Waals surface area contributed by atoms with Crippen molar-refractivity contribution in [2.45, 2.75) is 11.3 Å². The second-order valence-electron chi connectivity index (χ2n) is 3.30. The predicted molar refractivity (Wildman–Crippen MR) is 61.9 cm³/mol. The van der Waals surface area contributed by atoms with Crippen molar-refractivity contribution in [2.75, 3.05) is 5.01 Å². The Bertz CT molecular complexity index is 611.